The Kier molecular flexibility index (Phi) is 6.45. The van der Waals surface area contributed by atoms with E-state index in [1.54, 1.807) is 0 Å². The van der Waals surface area contributed by atoms with Crippen molar-refractivity contribution in [3.63, 3.8) is 0 Å². The Morgan fingerprint density at radius 2 is 2.26 bits per heavy atom. The maximum Gasteiger partial charge on any atom is 0.247 e. The number of nitrogens with zero attached hydrogens (tertiary/aromatic N) is 2. The first kappa shape index (κ1) is 17.8. The second-order valence-electron chi connectivity index (χ2n) is 6.15. The van der Waals surface area contributed by atoms with E-state index in [4.69, 9.17) is 12.2 Å². The van der Waals surface area contributed by atoms with E-state index in [0.29, 0.717) is 6.54 Å². The van der Waals surface area contributed by atoms with E-state index in [2.05, 4.69) is 16.4 Å². The fourth-order valence-corrected chi connectivity index (χ4v) is 3.23. The highest BCUT2D eigenvalue weighted by Crippen LogP contribution is 2.20. The first-order valence-corrected chi connectivity index (χ1v) is 8.81. The maximum atomic E-state index is 12.5. The van der Waals surface area contributed by atoms with E-state index in [-0.39, 0.29) is 23.0 Å². The number of carbonyl (C=O) groups excluding carboxylic acids is 2. The van der Waals surface area contributed by atoms with Gasteiger partial charge in [-0.2, -0.15) is 0 Å². The molecule has 126 valence electrons. The lowest BCUT2D eigenvalue weighted by molar-refractivity contribution is -0.139. The second kappa shape index (κ2) is 8.34. The van der Waals surface area contributed by atoms with Crippen LogP contribution in [0.4, 0.5) is 0 Å². The molecule has 0 aromatic carbocycles. The zero-order valence-electron chi connectivity index (χ0n) is 13.9. The molecule has 0 aromatic rings. The molecule has 23 heavy (non-hydrogen) atoms. The van der Waals surface area contributed by atoms with Gasteiger partial charge in [-0.15, -0.1) is 0 Å². The van der Waals surface area contributed by atoms with Gasteiger partial charge in [-0.05, 0) is 57.7 Å². The first-order valence-electron chi connectivity index (χ1n) is 8.40. The molecule has 0 aromatic heterocycles. The zero-order chi connectivity index (χ0) is 16.8. The van der Waals surface area contributed by atoms with Crippen LogP contribution >= 0.6 is 12.2 Å². The Balaban J connectivity index is 1.95. The van der Waals surface area contributed by atoms with E-state index in [1.807, 2.05) is 13.8 Å². The highest BCUT2D eigenvalue weighted by molar-refractivity contribution is 7.80. The summed E-state index contributed by atoms with van der Waals surface area (Å²) in [4.78, 5) is 30.4. The lowest BCUT2D eigenvalue weighted by atomic mass is 9.97. The molecule has 0 bridgehead atoms. The molecule has 0 spiro atoms. The van der Waals surface area contributed by atoms with Crippen molar-refractivity contribution in [1.82, 2.24) is 10.2 Å². The van der Waals surface area contributed by atoms with Gasteiger partial charge in [0.25, 0.3) is 0 Å². The molecule has 2 aliphatic rings. The zero-order valence-corrected chi connectivity index (χ0v) is 14.7. The van der Waals surface area contributed by atoms with Crippen molar-refractivity contribution in [2.75, 3.05) is 6.54 Å². The molecule has 2 amide bonds. The quantitative estimate of drug-likeness (QED) is 0.351. The van der Waals surface area contributed by atoms with Crippen LogP contribution in [0.5, 0.6) is 0 Å². The standard InChI is InChI=1S/C17H25N3O2S/c1-3-12(2)20-16(22)14(15(21)19-17(20)23)11-18-10-9-13-7-5-4-6-8-13/h7,11-12,14H,3-6,8-10H2,1-2H3,(H,19,21,23)/t12-,14+/m0/s1. The van der Waals surface area contributed by atoms with Crippen molar-refractivity contribution < 1.29 is 9.59 Å². The fraction of sp³-hybridized carbons (Fsp3) is 0.647. The summed E-state index contributed by atoms with van der Waals surface area (Å²) in [5.41, 5.74) is 1.44. The number of allylic oxidation sites excluding steroid dienone is 1. The lowest BCUT2D eigenvalue weighted by Crippen LogP contribution is -2.60. The molecule has 1 fully saturated rings. The minimum Gasteiger partial charge on any atom is -0.302 e. The summed E-state index contributed by atoms with van der Waals surface area (Å²) in [6.07, 6.45) is 10.3. The van der Waals surface area contributed by atoms with Gasteiger partial charge in [0.2, 0.25) is 11.8 Å². The number of rotatable bonds is 6. The fourth-order valence-electron chi connectivity index (χ4n) is 2.86. The Morgan fingerprint density at radius 3 is 2.91 bits per heavy atom. The molecule has 1 heterocycles. The predicted octanol–water partition coefficient (Wildman–Crippen LogP) is 2.61. The second-order valence-corrected chi connectivity index (χ2v) is 6.54. The van der Waals surface area contributed by atoms with Crippen molar-refractivity contribution in [2.45, 2.75) is 58.4 Å². The van der Waals surface area contributed by atoms with Crippen LogP contribution in [-0.4, -0.2) is 40.6 Å². The summed E-state index contributed by atoms with van der Waals surface area (Å²) in [6.45, 7) is 4.53. The minimum absolute atomic E-state index is 0.0288. The van der Waals surface area contributed by atoms with Gasteiger partial charge < -0.3 is 5.32 Å². The molecule has 0 saturated carbocycles. The van der Waals surface area contributed by atoms with Gasteiger partial charge in [-0.25, -0.2) is 0 Å². The number of carbonyl (C=O) groups is 2. The summed E-state index contributed by atoms with van der Waals surface area (Å²) >= 11 is 5.12. The summed E-state index contributed by atoms with van der Waals surface area (Å²) in [7, 11) is 0. The highest BCUT2D eigenvalue weighted by Gasteiger charge is 2.39. The highest BCUT2D eigenvalue weighted by atomic mass is 32.1. The molecule has 1 saturated heterocycles. The molecule has 1 aliphatic carbocycles. The molecule has 1 aliphatic heterocycles. The number of thiocarbonyl (C=S) groups is 1. The molecule has 2 rings (SSSR count). The summed E-state index contributed by atoms with van der Waals surface area (Å²) in [5, 5.41) is 2.81. The number of nitrogens with one attached hydrogen (secondary N) is 1. The van der Waals surface area contributed by atoms with Gasteiger partial charge in [0.1, 0.15) is 0 Å². The predicted molar refractivity (Wildman–Crippen MR) is 95.4 cm³/mol. The van der Waals surface area contributed by atoms with Gasteiger partial charge in [0.15, 0.2) is 11.0 Å². The van der Waals surface area contributed by atoms with Crippen LogP contribution < -0.4 is 5.32 Å². The summed E-state index contributed by atoms with van der Waals surface area (Å²) in [6, 6.07) is -0.0288. The Hall–Kier alpha value is -1.56. The van der Waals surface area contributed by atoms with Gasteiger partial charge in [0.05, 0.1) is 0 Å². The topological polar surface area (TPSA) is 61.8 Å². The van der Waals surface area contributed by atoms with Crippen LogP contribution in [0.1, 0.15) is 52.4 Å². The van der Waals surface area contributed by atoms with Crippen molar-refractivity contribution in [3.8, 4) is 0 Å². The van der Waals surface area contributed by atoms with E-state index >= 15 is 0 Å². The van der Waals surface area contributed by atoms with Gasteiger partial charge in [-0.1, -0.05) is 18.6 Å². The average molecular weight is 335 g/mol. The molecule has 0 unspecified atom stereocenters. The molecule has 2 atom stereocenters. The Labute approximate surface area is 143 Å². The third-order valence-electron chi connectivity index (χ3n) is 4.47. The number of amides is 2. The normalized spacial score (nSPS) is 23.9. The van der Waals surface area contributed by atoms with Crippen LogP contribution in [-0.2, 0) is 9.59 Å². The van der Waals surface area contributed by atoms with Crippen LogP contribution in [0.3, 0.4) is 0 Å². The van der Waals surface area contributed by atoms with Gasteiger partial charge in [-0.3, -0.25) is 19.5 Å². The van der Waals surface area contributed by atoms with E-state index in [9.17, 15) is 9.59 Å². The van der Waals surface area contributed by atoms with Crippen molar-refractivity contribution in [2.24, 2.45) is 10.9 Å². The Morgan fingerprint density at radius 1 is 1.48 bits per heavy atom. The number of hydrogen-bond donors (Lipinski definition) is 1. The van der Waals surface area contributed by atoms with E-state index < -0.39 is 5.92 Å². The van der Waals surface area contributed by atoms with Crippen molar-refractivity contribution >= 4 is 35.4 Å². The molecular weight excluding hydrogens is 310 g/mol. The third kappa shape index (κ3) is 4.47. The van der Waals surface area contributed by atoms with Gasteiger partial charge >= 0.3 is 0 Å². The van der Waals surface area contributed by atoms with Crippen LogP contribution in [0.2, 0.25) is 0 Å². The molecule has 0 radical (unpaired) electrons. The Bertz CT molecular complexity index is 542. The van der Waals surface area contributed by atoms with Crippen molar-refractivity contribution in [1.29, 1.82) is 0 Å². The number of aliphatic imine (C=N–C) groups is 1. The molecule has 1 N–H and O–H groups in total. The number of hydrogen-bond acceptors (Lipinski definition) is 4. The third-order valence-corrected chi connectivity index (χ3v) is 4.77. The monoisotopic (exact) mass is 335 g/mol. The van der Waals surface area contributed by atoms with Crippen molar-refractivity contribution in [3.05, 3.63) is 11.6 Å². The average Bonchev–Trinajstić information content (AvgIpc) is 2.54. The van der Waals surface area contributed by atoms with Crippen LogP contribution in [0.15, 0.2) is 16.6 Å². The smallest absolute Gasteiger partial charge is 0.247 e. The summed E-state index contributed by atoms with van der Waals surface area (Å²) < 4.78 is 0. The minimum atomic E-state index is -0.865. The molecule has 6 heteroatoms. The largest absolute Gasteiger partial charge is 0.302 e. The van der Waals surface area contributed by atoms with Crippen LogP contribution in [0, 0.1) is 5.92 Å². The van der Waals surface area contributed by atoms with Gasteiger partial charge in [0, 0.05) is 18.8 Å². The van der Waals surface area contributed by atoms with Crippen LogP contribution in [0.25, 0.3) is 0 Å². The summed E-state index contributed by atoms with van der Waals surface area (Å²) in [5.74, 6) is -1.51. The lowest BCUT2D eigenvalue weighted by Gasteiger charge is -2.34. The molecular formula is C17H25N3O2S. The SMILES string of the molecule is CC[C@H](C)N1C(=O)[C@H](C=NCCC2=CCCCC2)C(=O)NC1=S. The van der Waals surface area contributed by atoms with E-state index in [0.717, 1.165) is 25.7 Å². The first-order chi connectivity index (χ1) is 11.0. The van der Waals surface area contributed by atoms with E-state index in [1.165, 1.54) is 29.5 Å². The maximum absolute atomic E-state index is 12.5. The molecule has 5 nitrogen and oxygen atoms in total.